The SMILES string of the molecule is C1=C(c2cc3cccnc3s2)NOc2ccccc21. The summed E-state index contributed by atoms with van der Waals surface area (Å²) in [5.74, 6) is 0.852. The second-order valence-corrected chi connectivity index (χ2v) is 5.34. The van der Waals surface area contributed by atoms with Crippen LogP contribution in [0.5, 0.6) is 5.75 Å². The fraction of sp³-hybridized carbons (Fsp3) is 0. The number of hydrogen-bond donors (Lipinski definition) is 1. The summed E-state index contributed by atoms with van der Waals surface area (Å²) in [7, 11) is 0. The van der Waals surface area contributed by atoms with Gasteiger partial charge < -0.3 is 4.84 Å². The lowest BCUT2D eigenvalue weighted by Gasteiger charge is -2.17. The van der Waals surface area contributed by atoms with E-state index in [1.807, 2.05) is 36.5 Å². The summed E-state index contributed by atoms with van der Waals surface area (Å²) in [6.45, 7) is 0. The maximum absolute atomic E-state index is 5.55. The van der Waals surface area contributed by atoms with Crippen LogP contribution in [-0.2, 0) is 0 Å². The number of nitrogens with one attached hydrogen (secondary N) is 1. The second kappa shape index (κ2) is 4.10. The van der Waals surface area contributed by atoms with Crippen LogP contribution < -0.4 is 10.3 Å². The number of thiophene rings is 1. The van der Waals surface area contributed by atoms with Gasteiger partial charge in [-0.1, -0.05) is 24.3 Å². The van der Waals surface area contributed by atoms with E-state index >= 15 is 0 Å². The minimum atomic E-state index is 0.852. The Morgan fingerprint density at radius 1 is 1.11 bits per heavy atom. The van der Waals surface area contributed by atoms with Gasteiger partial charge in [0.05, 0.1) is 10.6 Å². The van der Waals surface area contributed by atoms with Crippen molar-refractivity contribution in [3.63, 3.8) is 0 Å². The van der Waals surface area contributed by atoms with Crippen molar-refractivity contribution >= 4 is 33.3 Å². The van der Waals surface area contributed by atoms with Crippen LogP contribution in [0.4, 0.5) is 0 Å². The molecular formula is C15H10N2OS. The molecule has 92 valence electrons. The molecule has 0 spiro atoms. The Hall–Kier alpha value is -2.33. The Balaban J connectivity index is 1.83. The first-order chi connectivity index (χ1) is 9.40. The van der Waals surface area contributed by atoms with Gasteiger partial charge in [0.15, 0.2) is 5.75 Å². The highest BCUT2D eigenvalue weighted by Gasteiger charge is 2.14. The monoisotopic (exact) mass is 266 g/mol. The molecule has 2 aromatic heterocycles. The molecule has 0 saturated heterocycles. The summed E-state index contributed by atoms with van der Waals surface area (Å²) < 4.78 is 0. The standard InChI is InChI=1S/C15H10N2OS/c1-2-6-13-10(4-1)8-12(17-18-13)14-9-11-5-3-7-16-15(11)19-14/h1-9,17H. The summed E-state index contributed by atoms with van der Waals surface area (Å²) in [6.07, 6.45) is 3.92. The first-order valence-electron chi connectivity index (χ1n) is 5.99. The molecule has 1 N–H and O–H groups in total. The molecule has 0 fully saturated rings. The normalized spacial score (nSPS) is 13.4. The highest BCUT2D eigenvalue weighted by atomic mass is 32.1. The van der Waals surface area contributed by atoms with Crippen molar-refractivity contribution in [3.8, 4) is 5.75 Å². The Labute approximate surface area is 114 Å². The number of para-hydroxylation sites is 1. The molecule has 3 aromatic rings. The van der Waals surface area contributed by atoms with Crippen LogP contribution in [-0.4, -0.2) is 4.98 Å². The van der Waals surface area contributed by atoms with Crippen LogP contribution in [0.1, 0.15) is 10.4 Å². The molecule has 4 rings (SSSR count). The van der Waals surface area contributed by atoms with Crippen molar-refractivity contribution in [1.29, 1.82) is 0 Å². The highest BCUT2D eigenvalue weighted by molar-refractivity contribution is 7.19. The van der Waals surface area contributed by atoms with E-state index in [-0.39, 0.29) is 0 Å². The predicted molar refractivity (Wildman–Crippen MR) is 77.7 cm³/mol. The van der Waals surface area contributed by atoms with Crippen molar-refractivity contribution < 1.29 is 4.84 Å². The molecule has 0 unspecified atom stereocenters. The van der Waals surface area contributed by atoms with Crippen molar-refractivity contribution in [2.45, 2.75) is 0 Å². The number of hydroxylamine groups is 1. The second-order valence-electron chi connectivity index (χ2n) is 4.31. The molecule has 0 amide bonds. The Morgan fingerprint density at radius 2 is 2.05 bits per heavy atom. The van der Waals surface area contributed by atoms with Gasteiger partial charge in [0.25, 0.3) is 0 Å². The zero-order valence-electron chi connectivity index (χ0n) is 9.96. The van der Waals surface area contributed by atoms with Gasteiger partial charge in [0, 0.05) is 17.1 Å². The molecule has 0 bridgehead atoms. The van der Waals surface area contributed by atoms with E-state index in [0.717, 1.165) is 32.1 Å². The van der Waals surface area contributed by atoms with Crippen molar-refractivity contribution in [2.75, 3.05) is 0 Å². The van der Waals surface area contributed by atoms with Gasteiger partial charge >= 0.3 is 0 Å². The van der Waals surface area contributed by atoms with E-state index in [0.29, 0.717) is 0 Å². The topological polar surface area (TPSA) is 34.2 Å². The third kappa shape index (κ3) is 1.77. The van der Waals surface area contributed by atoms with E-state index in [2.05, 4.69) is 28.7 Å². The van der Waals surface area contributed by atoms with Gasteiger partial charge in [0.2, 0.25) is 0 Å². The third-order valence-corrected chi connectivity index (χ3v) is 4.14. The smallest absolute Gasteiger partial charge is 0.162 e. The number of nitrogens with zero attached hydrogens (tertiary/aromatic N) is 1. The zero-order valence-corrected chi connectivity index (χ0v) is 10.8. The summed E-state index contributed by atoms with van der Waals surface area (Å²) in [5, 5.41) is 1.16. The summed E-state index contributed by atoms with van der Waals surface area (Å²) >= 11 is 1.66. The van der Waals surface area contributed by atoms with Gasteiger partial charge in [0.1, 0.15) is 4.83 Å². The predicted octanol–water partition coefficient (Wildman–Crippen LogP) is 3.69. The molecule has 0 aliphatic carbocycles. The van der Waals surface area contributed by atoms with E-state index in [1.54, 1.807) is 11.3 Å². The number of rotatable bonds is 1. The van der Waals surface area contributed by atoms with Gasteiger partial charge in [-0.05, 0) is 24.3 Å². The molecule has 1 aromatic carbocycles. The zero-order chi connectivity index (χ0) is 12.7. The lowest BCUT2D eigenvalue weighted by atomic mass is 10.1. The number of hydrogen-bond acceptors (Lipinski definition) is 4. The van der Waals surface area contributed by atoms with Crippen LogP contribution >= 0.6 is 11.3 Å². The van der Waals surface area contributed by atoms with Gasteiger partial charge in [-0.3, -0.25) is 0 Å². The summed E-state index contributed by atoms with van der Waals surface area (Å²) in [5.41, 5.74) is 5.05. The first-order valence-corrected chi connectivity index (χ1v) is 6.80. The van der Waals surface area contributed by atoms with Crippen molar-refractivity contribution in [3.05, 3.63) is 59.1 Å². The van der Waals surface area contributed by atoms with Crippen LogP contribution in [0.25, 0.3) is 22.0 Å². The first kappa shape index (κ1) is 10.6. The molecule has 1 aliphatic rings. The molecule has 1 aliphatic heterocycles. The number of pyridine rings is 1. The van der Waals surface area contributed by atoms with E-state index < -0.39 is 0 Å². The summed E-state index contributed by atoms with van der Waals surface area (Å²) in [6, 6.07) is 14.1. The number of aromatic nitrogens is 1. The van der Waals surface area contributed by atoms with Crippen molar-refractivity contribution in [1.82, 2.24) is 10.5 Å². The molecule has 3 nitrogen and oxygen atoms in total. The lowest BCUT2D eigenvalue weighted by molar-refractivity contribution is 0.249. The molecule has 19 heavy (non-hydrogen) atoms. The van der Waals surface area contributed by atoms with E-state index in [4.69, 9.17) is 4.84 Å². The average molecular weight is 266 g/mol. The molecule has 0 atom stereocenters. The van der Waals surface area contributed by atoms with E-state index in [9.17, 15) is 0 Å². The Morgan fingerprint density at radius 3 is 3.00 bits per heavy atom. The third-order valence-electron chi connectivity index (χ3n) is 3.05. The maximum Gasteiger partial charge on any atom is 0.162 e. The Bertz CT molecular complexity index is 758. The maximum atomic E-state index is 5.55. The van der Waals surface area contributed by atoms with Gasteiger partial charge in [-0.25, -0.2) is 10.5 Å². The van der Waals surface area contributed by atoms with Crippen molar-refractivity contribution in [2.24, 2.45) is 0 Å². The van der Waals surface area contributed by atoms with E-state index in [1.165, 1.54) is 0 Å². The average Bonchev–Trinajstić information content (AvgIpc) is 2.90. The quantitative estimate of drug-likeness (QED) is 0.729. The fourth-order valence-electron chi connectivity index (χ4n) is 2.12. The lowest BCUT2D eigenvalue weighted by Crippen LogP contribution is -2.19. The van der Waals surface area contributed by atoms with Crippen LogP contribution in [0.2, 0.25) is 0 Å². The highest BCUT2D eigenvalue weighted by Crippen LogP contribution is 2.32. The number of benzene rings is 1. The van der Waals surface area contributed by atoms with Gasteiger partial charge in [-0.15, -0.1) is 11.3 Å². The number of fused-ring (bicyclic) bond motifs is 2. The molecule has 3 heterocycles. The molecule has 4 heteroatoms. The Kier molecular flexibility index (Phi) is 2.28. The molecule has 0 radical (unpaired) electrons. The molecule has 0 saturated carbocycles. The minimum absolute atomic E-state index is 0.852. The minimum Gasteiger partial charge on any atom is -0.381 e. The van der Waals surface area contributed by atoms with Crippen LogP contribution in [0.3, 0.4) is 0 Å². The fourth-order valence-corrected chi connectivity index (χ4v) is 3.08. The summed E-state index contributed by atoms with van der Waals surface area (Å²) in [4.78, 5) is 12.1. The van der Waals surface area contributed by atoms with Crippen LogP contribution in [0, 0.1) is 0 Å². The van der Waals surface area contributed by atoms with Gasteiger partial charge in [-0.2, -0.15) is 0 Å². The molecular weight excluding hydrogens is 256 g/mol. The van der Waals surface area contributed by atoms with Crippen LogP contribution in [0.15, 0.2) is 48.7 Å². The largest absolute Gasteiger partial charge is 0.381 e.